The summed E-state index contributed by atoms with van der Waals surface area (Å²) >= 11 is 11.4. The third-order valence-corrected chi connectivity index (χ3v) is 8.23. The van der Waals surface area contributed by atoms with Gasteiger partial charge in [-0.2, -0.15) is 15.0 Å². The molecular formula is C38H59Cl2N5O15. The number of ether oxygens (including phenoxy) is 5. The summed E-state index contributed by atoms with van der Waals surface area (Å²) < 4.78 is 26.1. The van der Waals surface area contributed by atoms with Crippen LogP contribution in [0.15, 0.2) is 24.3 Å². The van der Waals surface area contributed by atoms with Crippen molar-refractivity contribution in [3.63, 3.8) is 0 Å². The van der Waals surface area contributed by atoms with Gasteiger partial charge in [0.1, 0.15) is 0 Å². The zero-order chi connectivity index (χ0) is 45.0. The van der Waals surface area contributed by atoms with E-state index in [4.69, 9.17) is 72.4 Å². The van der Waals surface area contributed by atoms with Crippen molar-refractivity contribution in [2.45, 2.75) is 71.6 Å². The fraction of sp³-hybridized carbons (Fsp3) is 0.632. The first-order chi connectivity index (χ1) is 28.5. The van der Waals surface area contributed by atoms with Gasteiger partial charge < -0.3 is 59.9 Å². The maximum absolute atomic E-state index is 10.5. The number of nitrogens with zero attached hydrogens (tertiary/aromatic N) is 3. The minimum Gasteiger partial charge on any atom is -0.481 e. The minimum absolute atomic E-state index is 0.0122. The zero-order valence-electron chi connectivity index (χ0n) is 34.1. The molecule has 0 unspecified atom stereocenters. The Labute approximate surface area is 359 Å². The molecule has 0 aliphatic heterocycles. The number of benzene rings is 1. The molecule has 60 heavy (non-hydrogen) atoms. The van der Waals surface area contributed by atoms with Gasteiger partial charge in [0.15, 0.2) is 0 Å². The topological polar surface area (TPSA) is 295 Å². The van der Waals surface area contributed by atoms with Crippen LogP contribution in [0.3, 0.4) is 0 Å². The summed E-state index contributed by atoms with van der Waals surface area (Å²) in [6.07, 6.45) is 2.87. The fourth-order valence-corrected chi connectivity index (χ4v) is 4.75. The lowest BCUT2D eigenvalue weighted by atomic mass is 9.81. The Balaban J connectivity index is 0.000000900. The van der Waals surface area contributed by atoms with E-state index < -0.39 is 29.8 Å². The van der Waals surface area contributed by atoms with E-state index in [1.807, 2.05) is 31.2 Å². The van der Waals surface area contributed by atoms with Gasteiger partial charge in [-0.05, 0) is 72.0 Å². The first-order valence-electron chi connectivity index (χ1n) is 19.2. The highest BCUT2D eigenvalue weighted by atomic mass is 35.5. The van der Waals surface area contributed by atoms with Crippen molar-refractivity contribution in [2.75, 3.05) is 84.5 Å². The Kier molecular flexibility index (Phi) is 32.9. The van der Waals surface area contributed by atoms with Crippen LogP contribution in [0.1, 0.15) is 70.8 Å². The second-order valence-electron chi connectivity index (χ2n) is 13.0. The average molecular weight is 897 g/mol. The number of hydrogen-bond acceptors (Lipinski definition) is 15. The van der Waals surface area contributed by atoms with Crippen molar-refractivity contribution in [3.05, 3.63) is 40.4 Å². The van der Waals surface area contributed by atoms with E-state index in [2.05, 4.69) is 32.5 Å². The van der Waals surface area contributed by atoms with Crippen molar-refractivity contribution in [2.24, 2.45) is 5.41 Å². The van der Waals surface area contributed by atoms with Gasteiger partial charge in [0.05, 0.1) is 78.4 Å². The van der Waals surface area contributed by atoms with Crippen LogP contribution in [-0.2, 0) is 54.1 Å². The first-order valence-corrected chi connectivity index (χ1v) is 19.9. The van der Waals surface area contributed by atoms with E-state index in [0.717, 1.165) is 12.1 Å². The number of carbonyl (C=O) groups is 5. The van der Waals surface area contributed by atoms with Crippen molar-refractivity contribution in [1.29, 1.82) is 0 Å². The van der Waals surface area contributed by atoms with E-state index in [0.29, 0.717) is 71.3 Å². The smallest absolute Gasteiger partial charge is 0.305 e. The summed E-state index contributed by atoms with van der Waals surface area (Å²) in [6.45, 7) is 8.31. The van der Waals surface area contributed by atoms with E-state index in [1.165, 1.54) is 5.56 Å². The molecule has 0 amide bonds. The molecule has 1 aromatic heterocycles. The van der Waals surface area contributed by atoms with Crippen LogP contribution in [0.4, 0.5) is 11.6 Å². The predicted octanol–water partition coefficient (Wildman–Crippen LogP) is 4.68. The van der Waals surface area contributed by atoms with Crippen molar-refractivity contribution < 1.29 is 73.2 Å². The summed E-state index contributed by atoms with van der Waals surface area (Å²) in [7, 11) is 0. The van der Waals surface area contributed by atoms with Crippen LogP contribution >= 0.6 is 23.2 Å². The highest BCUT2D eigenvalue weighted by Crippen LogP contribution is 2.30. The lowest BCUT2D eigenvalue weighted by Gasteiger charge is -2.29. The van der Waals surface area contributed by atoms with Crippen molar-refractivity contribution in [1.82, 2.24) is 20.3 Å². The summed E-state index contributed by atoms with van der Waals surface area (Å²) in [6, 6.07) is 7.97. The maximum atomic E-state index is 10.5. The SMILES string of the molecule is CC(CCOCCC(=O)O)(CCOCCC(=O)O)CCOCCC(=O)O.CCc1ccc(Nc2nc(Cl)nc(Cl)n2)cc1.O=C(O)CCOCCNCCOCCC(=O)O. The summed E-state index contributed by atoms with van der Waals surface area (Å²) in [5, 5.41) is 48.6. The van der Waals surface area contributed by atoms with Gasteiger partial charge in [0.2, 0.25) is 16.5 Å². The Morgan fingerprint density at radius 1 is 0.550 bits per heavy atom. The maximum Gasteiger partial charge on any atom is 0.305 e. The Hall–Kier alpha value is -4.28. The molecule has 0 aliphatic rings. The van der Waals surface area contributed by atoms with E-state index in [-0.39, 0.29) is 81.1 Å². The van der Waals surface area contributed by atoms with Crippen LogP contribution < -0.4 is 10.6 Å². The molecule has 0 spiro atoms. The minimum atomic E-state index is -0.911. The Morgan fingerprint density at radius 3 is 1.20 bits per heavy atom. The number of nitrogens with one attached hydrogen (secondary N) is 2. The molecule has 0 radical (unpaired) electrons. The van der Waals surface area contributed by atoms with Gasteiger partial charge in [-0.25, -0.2) is 0 Å². The molecule has 0 bridgehead atoms. The quantitative estimate of drug-likeness (QED) is 0.0479. The number of aliphatic carboxylic acids is 5. The highest BCUT2D eigenvalue weighted by molar-refractivity contribution is 6.31. The monoisotopic (exact) mass is 895 g/mol. The van der Waals surface area contributed by atoms with Gasteiger partial charge >= 0.3 is 29.8 Å². The Bertz CT molecular complexity index is 1410. The number of halogens is 2. The van der Waals surface area contributed by atoms with Crippen LogP contribution in [0.2, 0.25) is 10.6 Å². The second-order valence-corrected chi connectivity index (χ2v) is 13.6. The lowest BCUT2D eigenvalue weighted by Crippen LogP contribution is -2.24. The molecule has 0 atom stereocenters. The van der Waals surface area contributed by atoms with Gasteiger partial charge in [0.25, 0.3) is 0 Å². The van der Waals surface area contributed by atoms with Gasteiger partial charge in [-0.1, -0.05) is 26.0 Å². The largest absolute Gasteiger partial charge is 0.481 e. The van der Waals surface area contributed by atoms with Crippen LogP contribution in [-0.4, -0.2) is 149 Å². The third-order valence-electron chi connectivity index (χ3n) is 7.90. The lowest BCUT2D eigenvalue weighted by molar-refractivity contribution is -0.139. The number of aromatic nitrogens is 3. The average Bonchev–Trinajstić information content (AvgIpc) is 3.16. The number of hydrogen-bond donors (Lipinski definition) is 7. The molecule has 20 nitrogen and oxygen atoms in total. The number of carboxylic acids is 5. The summed E-state index contributed by atoms with van der Waals surface area (Å²) in [5.41, 5.74) is 1.94. The van der Waals surface area contributed by atoms with E-state index >= 15 is 0 Å². The summed E-state index contributed by atoms with van der Waals surface area (Å²) in [5.74, 6) is -4.14. The number of anilines is 2. The molecule has 0 aliphatic carbocycles. The molecule has 340 valence electrons. The summed E-state index contributed by atoms with van der Waals surface area (Å²) in [4.78, 5) is 63.2. The molecule has 7 N–H and O–H groups in total. The highest BCUT2D eigenvalue weighted by Gasteiger charge is 2.24. The molecule has 1 aromatic carbocycles. The molecule has 2 aromatic rings. The molecule has 0 saturated heterocycles. The standard InChI is InChI=1S/C17H30O9.C11H10Cl2N4.C10H19NO6/c1-17(5-11-24-8-2-14(18)19,6-12-25-9-3-15(20)21)7-13-26-10-4-16(22)23;1-2-7-3-5-8(6-4-7)14-11-16-9(12)15-10(13)17-11;12-9(13)1-5-16-7-3-11-4-8-17-6-2-10(14)15/h2-13H2,1H3,(H,18,19)(H,20,21)(H,22,23);3-6H,2H2,1H3,(H,14,15,16,17);11H,1-8H2,(H,12,13)(H,14,15). The molecule has 22 heteroatoms. The van der Waals surface area contributed by atoms with E-state index in [9.17, 15) is 24.0 Å². The predicted molar refractivity (Wildman–Crippen MR) is 219 cm³/mol. The molecule has 0 fully saturated rings. The van der Waals surface area contributed by atoms with Gasteiger partial charge in [-0.15, -0.1) is 0 Å². The second kappa shape index (κ2) is 35.5. The third kappa shape index (κ3) is 35.6. The first kappa shape index (κ1) is 55.7. The molecule has 2 rings (SSSR count). The number of rotatable bonds is 33. The van der Waals surface area contributed by atoms with Gasteiger partial charge in [0, 0.05) is 38.6 Å². The zero-order valence-corrected chi connectivity index (χ0v) is 35.6. The number of carboxylic acid groups (broad SMARTS) is 5. The van der Waals surface area contributed by atoms with Crippen molar-refractivity contribution in [3.8, 4) is 0 Å². The molecule has 0 saturated carbocycles. The van der Waals surface area contributed by atoms with E-state index in [1.54, 1.807) is 0 Å². The molecular weight excluding hydrogens is 837 g/mol. The number of aryl methyl sites for hydroxylation is 1. The molecule has 1 heterocycles. The van der Waals surface area contributed by atoms with Crippen molar-refractivity contribution >= 4 is 64.7 Å². The van der Waals surface area contributed by atoms with Gasteiger partial charge in [-0.3, -0.25) is 24.0 Å². The van der Waals surface area contributed by atoms with Crippen LogP contribution in [0.25, 0.3) is 0 Å². The fourth-order valence-electron chi connectivity index (χ4n) is 4.39. The van der Waals surface area contributed by atoms with Crippen LogP contribution in [0.5, 0.6) is 0 Å². The Morgan fingerprint density at radius 2 is 0.883 bits per heavy atom. The normalized spacial score (nSPS) is 10.8. The van der Waals surface area contributed by atoms with Crippen LogP contribution in [0, 0.1) is 5.41 Å².